The van der Waals surface area contributed by atoms with E-state index in [1.54, 1.807) is 31.0 Å². The summed E-state index contributed by atoms with van der Waals surface area (Å²) in [5, 5.41) is 5.55. The lowest BCUT2D eigenvalue weighted by Crippen LogP contribution is -2.51. The number of morpholine rings is 1. The molecule has 0 bridgehead atoms. The largest absolute Gasteiger partial charge is 0.378 e. The molecule has 8 nitrogen and oxygen atoms in total. The number of anilines is 1. The number of ether oxygens (including phenoxy) is 1. The number of hydrogen-bond acceptors (Lipinski definition) is 5. The van der Waals surface area contributed by atoms with Crippen LogP contribution < -0.4 is 5.32 Å². The molecule has 0 aliphatic carbocycles. The number of pyridine rings is 1. The van der Waals surface area contributed by atoms with Gasteiger partial charge < -0.3 is 20.0 Å². The third kappa shape index (κ3) is 3.46. The van der Waals surface area contributed by atoms with Crippen molar-refractivity contribution in [3.8, 4) is 0 Å². The molecule has 29 heavy (non-hydrogen) atoms. The standard InChI is InChI=1S/C20H19ClN6O2/c21-12-5-15-14-1-2-22-8-17(14)25-19(15)16(6-12)26-20(28)18-10-29-4-3-27(18)9-13-7-23-11-24-13/h1-2,5-8,11,18,25H,3-4,9-10H2,(H,23,24)(H,26,28). The lowest BCUT2D eigenvalue weighted by Gasteiger charge is -2.34. The Kier molecular flexibility index (Phi) is 4.67. The maximum atomic E-state index is 13.1. The highest BCUT2D eigenvalue weighted by Gasteiger charge is 2.30. The number of benzene rings is 1. The minimum absolute atomic E-state index is 0.135. The van der Waals surface area contributed by atoms with Gasteiger partial charge in [0.1, 0.15) is 6.04 Å². The summed E-state index contributed by atoms with van der Waals surface area (Å²) in [6.45, 7) is 2.19. The zero-order valence-electron chi connectivity index (χ0n) is 15.5. The lowest BCUT2D eigenvalue weighted by atomic mass is 10.1. The van der Waals surface area contributed by atoms with Crippen LogP contribution >= 0.6 is 11.6 Å². The summed E-state index contributed by atoms with van der Waals surface area (Å²) in [6, 6.07) is 5.16. The van der Waals surface area contributed by atoms with Crippen molar-refractivity contribution in [3.63, 3.8) is 0 Å². The van der Waals surface area contributed by atoms with Gasteiger partial charge in [0.15, 0.2) is 0 Å². The van der Waals surface area contributed by atoms with E-state index < -0.39 is 6.04 Å². The summed E-state index contributed by atoms with van der Waals surface area (Å²) in [4.78, 5) is 29.9. The van der Waals surface area contributed by atoms with E-state index in [0.29, 0.717) is 37.0 Å². The molecule has 1 aliphatic rings. The quantitative estimate of drug-likeness (QED) is 0.480. The van der Waals surface area contributed by atoms with Gasteiger partial charge in [0, 0.05) is 47.0 Å². The fourth-order valence-electron chi connectivity index (χ4n) is 3.79. The fourth-order valence-corrected chi connectivity index (χ4v) is 4.01. The molecule has 3 N–H and O–H groups in total. The van der Waals surface area contributed by atoms with Crippen LogP contribution in [0.4, 0.5) is 5.69 Å². The number of amides is 1. The van der Waals surface area contributed by atoms with Crippen LogP contribution in [0, 0.1) is 0 Å². The molecule has 3 aromatic heterocycles. The van der Waals surface area contributed by atoms with Gasteiger partial charge in [0.2, 0.25) is 5.91 Å². The number of carbonyl (C=O) groups excluding carboxylic acids is 1. The maximum Gasteiger partial charge on any atom is 0.244 e. The SMILES string of the molecule is O=C(Nc1cc(Cl)cc2c1[nH]c1cnccc12)C1COCCN1Cc1cnc[nH]1. The van der Waals surface area contributed by atoms with Gasteiger partial charge in [-0.2, -0.15) is 0 Å². The van der Waals surface area contributed by atoms with Crippen LogP contribution in [0.1, 0.15) is 5.69 Å². The monoisotopic (exact) mass is 410 g/mol. The molecule has 1 aromatic carbocycles. The minimum atomic E-state index is -0.410. The number of hydrogen-bond donors (Lipinski definition) is 3. The van der Waals surface area contributed by atoms with Crippen LogP contribution in [-0.4, -0.2) is 56.5 Å². The molecule has 1 unspecified atom stereocenters. The number of nitrogens with one attached hydrogen (secondary N) is 3. The normalized spacial score (nSPS) is 17.8. The predicted molar refractivity (Wildman–Crippen MR) is 111 cm³/mol. The number of fused-ring (bicyclic) bond motifs is 3. The van der Waals surface area contributed by atoms with E-state index in [-0.39, 0.29) is 5.91 Å². The Bertz CT molecular complexity index is 1170. The molecule has 9 heteroatoms. The van der Waals surface area contributed by atoms with Crippen molar-refractivity contribution in [1.82, 2.24) is 24.8 Å². The van der Waals surface area contributed by atoms with Crippen molar-refractivity contribution in [2.45, 2.75) is 12.6 Å². The second-order valence-electron chi connectivity index (χ2n) is 7.05. The second-order valence-corrected chi connectivity index (χ2v) is 7.49. The Morgan fingerprint density at radius 2 is 2.24 bits per heavy atom. The van der Waals surface area contributed by atoms with Crippen molar-refractivity contribution in [1.29, 1.82) is 0 Å². The zero-order chi connectivity index (χ0) is 19.8. The van der Waals surface area contributed by atoms with E-state index in [0.717, 1.165) is 27.5 Å². The number of nitrogens with zero attached hydrogens (tertiary/aromatic N) is 3. The van der Waals surface area contributed by atoms with Crippen LogP contribution in [0.2, 0.25) is 5.02 Å². The number of H-pyrrole nitrogens is 2. The van der Waals surface area contributed by atoms with Crippen LogP contribution in [0.15, 0.2) is 43.1 Å². The summed E-state index contributed by atoms with van der Waals surface area (Å²) in [6.07, 6.45) is 6.90. The van der Waals surface area contributed by atoms with E-state index in [9.17, 15) is 4.79 Å². The van der Waals surface area contributed by atoms with E-state index in [4.69, 9.17) is 16.3 Å². The summed E-state index contributed by atoms with van der Waals surface area (Å²) in [7, 11) is 0. The molecule has 0 spiro atoms. The molecule has 5 rings (SSSR count). The fraction of sp³-hybridized carbons (Fsp3) is 0.250. The molecule has 4 heterocycles. The Balaban J connectivity index is 1.45. The molecular weight excluding hydrogens is 392 g/mol. The molecule has 1 saturated heterocycles. The van der Waals surface area contributed by atoms with Gasteiger partial charge in [-0.05, 0) is 18.2 Å². The first-order chi connectivity index (χ1) is 14.2. The molecule has 1 fully saturated rings. The van der Waals surface area contributed by atoms with E-state index in [1.165, 1.54) is 0 Å². The summed E-state index contributed by atoms with van der Waals surface area (Å²) in [5.74, 6) is -0.135. The summed E-state index contributed by atoms with van der Waals surface area (Å²) in [5.41, 5.74) is 3.31. The van der Waals surface area contributed by atoms with E-state index >= 15 is 0 Å². The van der Waals surface area contributed by atoms with E-state index in [1.807, 2.05) is 12.1 Å². The maximum absolute atomic E-state index is 13.1. The average Bonchev–Trinajstić information content (AvgIpc) is 3.36. The zero-order valence-corrected chi connectivity index (χ0v) is 16.2. The number of aromatic amines is 2. The molecule has 0 saturated carbocycles. The third-order valence-electron chi connectivity index (χ3n) is 5.20. The molecule has 1 aliphatic heterocycles. The summed E-state index contributed by atoms with van der Waals surface area (Å²) >= 11 is 6.35. The summed E-state index contributed by atoms with van der Waals surface area (Å²) < 4.78 is 5.58. The Labute approximate surface area is 171 Å². The highest BCUT2D eigenvalue weighted by atomic mass is 35.5. The molecule has 148 valence electrons. The van der Waals surface area contributed by atoms with E-state index in [2.05, 4.69) is 30.2 Å². The predicted octanol–water partition coefficient (Wildman–Crippen LogP) is 2.93. The average molecular weight is 411 g/mol. The molecule has 0 radical (unpaired) electrons. The topological polar surface area (TPSA) is 98.9 Å². The first kappa shape index (κ1) is 18.1. The van der Waals surface area contributed by atoms with Crippen LogP contribution in [0.3, 0.4) is 0 Å². The van der Waals surface area contributed by atoms with Crippen molar-refractivity contribution in [2.75, 3.05) is 25.1 Å². The highest BCUT2D eigenvalue weighted by molar-refractivity contribution is 6.32. The van der Waals surface area contributed by atoms with Crippen molar-refractivity contribution in [2.24, 2.45) is 0 Å². The van der Waals surface area contributed by atoms with Gasteiger partial charge in [0.25, 0.3) is 0 Å². The second kappa shape index (κ2) is 7.47. The van der Waals surface area contributed by atoms with Gasteiger partial charge in [-0.15, -0.1) is 0 Å². The van der Waals surface area contributed by atoms with Gasteiger partial charge in [0.05, 0.1) is 42.5 Å². The van der Waals surface area contributed by atoms with Gasteiger partial charge >= 0.3 is 0 Å². The Morgan fingerprint density at radius 3 is 3.10 bits per heavy atom. The van der Waals surface area contributed by atoms with Gasteiger partial charge in [-0.1, -0.05) is 11.6 Å². The molecule has 1 atom stereocenters. The Morgan fingerprint density at radius 1 is 1.31 bits per heavy atom. The molecular formula is C20H19ClN6O2. The third-order valence-corrected chi connectivity index (χ3v) is 5.42. The Hall–Kier alpha value is -2.94. The molecule has 4 aromatic rings. The first-order valence-corrected chi connectivity index (χ1v) is 9.72. The van der Waals surface area contributed by atoms with Crippen molar-refractivity contribution in [3.05, 3.63) is 53.8 Å². The number of carbonyl (C=O) groups is 1. The van der Waals surface area contributed by atoms with Gasteiger partial charge in [-0.25, -0.2) is 4.98 Å². The number of rotatable bonds is 4. The first-order valence-electron chi connectivity index (χ1n) is 9.34. The van der Waals surface area contributed by atoms with Crippen LogP contribution in [0.5, 0.6) is 0 Å². The molecule has 1 amide bonds. The van der Waals surface area contributed by atoms with Crippen molar-refractivity contribution >= 4 is 45.0 Å². The van der Waals surface area contributed by atoms with Crippen molar-refractivity contribution < 1.29 is 9.53 Å². The van der Waals surface area contributed by atoms with Gasteiger partial charge in [-0.3, -0.25) is 14.7 Å². The number of halogens is 1. The highest BCUT2D eigenvalue weighted by Crippen LogP contribution is 2.33. The van der Waals surface area contributed by atoms with Crippen LogP contribution in [0.25, 0.3) is 21.8 Å². The lowest BCUT2D eigenvalue weighted by molar-refractivity contribution is -0.127. The van der Waals surface area contributed by atoms with Crippen LogP contribution in [-0.2, 0) is 16.1 Å². The number of aromatic nitrogens is 4. The smallest absolute Gasteiger partial charge is 0.244 e. The minimum Gasteiger partial charge on any atom is -0.378 e. The number of imidazole rings is 1.